The van der Waals surface area contributed by atoms with Gasteiger partial charge in [-0.05, 0) is 66.4 Å². The third-order valence-electron chi connectivity index (χ3n) is 5.02. The van der Waals surface area contributed by atoms with E-state index in [4.69, 9.17) is 33.1 Å². The van der Waals surface area contributed by atoms with Gasteiger partial charge in [0.05, 0.1) is 26.2 Å². The summed E-state index contributed by atoms with van der Waals surface area (Å²) in [6.07, 6.45) is 7.83. The number of pyridine rings is 2. The zero-order valence-electron chi connectivity index (χ0n) is 20.1. The van der Waals surface area contributed by atoms with Gasteiger partial charge < -0.3 is 14.7 Å². The Morgan fingerprint density at radius 1 is 1.03 bits per heavy atom. The van der Waals surface area contributed by atoms with Crippen molar-refractivity contribution in [3.63, 3.8) is 0 Å². The number of benzene rings is 2. The molecule has 0 aliphatic rings. The molecule has 10 heteroatoms. The molecule has 2 aromatic carbocycles. The predicted octanol–water partition coefficient (Wildman–Crippen LogP) is 7.34. The second-order valence-corrected chi connectivity index (χ2v) is 9.22. The Bertz CT molecular complexity index is 1270. The van der Waals surface area contributed by atoms with E-state index in [2.05, 4.69) is 21.8 Å². The van der Waals surface area contributed by atoms with Crippen molar-refractivity contribution in [3.8, 4) is 11.5 Å². The number of nitrogens with two attached hydrogens (primary N) is 1. The molecule has 0 bridgehead atoms. The van der Waals surface area contributed by atoms with Crippen LogP contribution < -0.4 is 14.8 Å². The Labute approximate surface area is 230 Å². The lowest BCUT2D eigenvalue weighted by atomic mass is 10.1. The number of anilines is 1. The summed E-state index contributed by atoms with van der Waals surface area (Å²) in [7, 11) is 0. The van der Waals surface area contributed by atoms with Crippen LogP contribution in [0.15, 0.2) is 90.3 Å². The van der Waals surface area contributed by atoms with Crippen LogP contribution in [0.2, 0.25) is 10.0 Å². The number of carbonyl (C=O) groups is 1. The van der Waals surface area contributed by atoms with Gasteiger partial charge in [0.1, 0.15) is 5.75 Å². The summed E-state index contributed by atoms with van der Waals surface area (Å²) in [5, 5.41) is 16.3. The summed E-state index contributed by atoms with van der Waals surface area (Å²) < 4.78 is 6.17. The fourth-order valence-electron chi connectivity index (χ4n) is 3.37. The topological polar surface area (TPSA) is 102 Å². The molecule has 0 radical (unpaired) electrons. The molecule has 0 saturated heterocycles. The van der Waals surface area contributed by atoms with Crippen LogP contribution in [0.3, 0.4) is 0 Å². The molecular formula is C27H26Cl2N4O3S. The van der Waals surface area contributed by atoms with Crippen molar-refractivity contribution in [2.45, 2.75) is 24.8 Å². The standard InChI is InChI=1S/C22H21Cl2N3O3S.C5H5N/c1-2-8-27(13-14-4-3-7-26-12-14)19-9-15(22(28)29)10-20(31-25)21(19)30-16-5-6-17(23)18(24)11-16;1-2-4-6-5-3-1/h3-7,9-12H,2,8,13,25H2,1H3,(H,28,29);1-5H. The van der Waals surface area contributed by atoms with Crippen molar-refractivity contribution in [2.24, 2.45) is 5.14 Å². The summed E-state index contributed by atoms with van der Waals surface area (Å²) in [4.78, 5) is 22.3. The lowest BCUT2D eigenvalue weighted by Crippen LogP contribution is -2.24. The fraction of sp³-hybridized carbons (Fsp3) is 0.148. The highest BCUT2D eigenvalue weighted by Gasteiger charge is 2.21. The van der Waals surface area contributed by atoms with E-state index in [1.165, 1.54) is 6.07 Å². The third kappa shape index (κ3) is 8.36. The molecule has 0 unspecified atom stereocenters. The molecule has 0 fully saturated rings. The molecule has 7 nitrogen and oxygen atoms in total. The molecule has 4 aromatic rings. The number of nitrogens with zero attached hydrogens (tertiary/aromatic N) is 3. The number of aromatic carboxylic acids is 1. The summed E-state index contributed by atoms with van der Waals surface area (Å²) in [5.74, 6) is -0.129. The Morgan fingerprint density at radius 3 is 2.32 bits per heavy atom. The van der Waals surface area contributed by atoms with Crippen LogP contribution in [-0.4, -0.2) is 27.6 Å². The zero-order chi connectivity index (χ0) is 26.6. The average molecular weight is 558 g/mol. The molecule has 0 atom stereocenters. The minimum Gasteiger partial charge on any atom is -0.478 e. The monoisotopic (exact) mass is 556 g/mol. The first-order chi connectivity index (χ1) is 17.9. The smallest absolute Gasteiger partial charge is 0.335 e. The number of ether oxygens (including phenoxy) is 1. The second kappa shape index (κ2) is 14.4. The van der Waals surface area contributed by atoms with E-state index in [1.54, 1.807) is 49.1 Å². The Morgan fingerprint density at radius 2 is 1.78 bits per heavy atom. The van der Waals surface area contributed by atoms with Gasteiger partial charge in [0, 0.05) is 43.9 Å². The molecule has 0 spiro atoms. The summed E-state index contributed by atoms with van der Waals surface area (Å²) >= 11 is 13.1. The zero-order valence-corrected chi connectivity index (χ0v) is 22.4. The Kier molecular flexibility index (Phi) is 11.0. The van der Waals surface area contributed by atoms with Crippen molar-refractivity contribution in [3.05, 3.63) is 107 Å². The molecule has 2 heterocycles. The van der Waals surface area contributed by atoms with E-state index in [-0.39, 0.29) is 5.56 Å². The summed E-state index contributed by atoms with van der Waals surface area (Å²) in [6.45, 7) is 3.25. The fourth-order valence-corrected chi connectivity index (χ4v) is 4.11. The largest absolute Gasteiger partial charge is 0.478 e. The number of rotatable bonds is 9. The van der Waals surface area contributed by atoms with Crippen LogP contribution in [0.1, 0.15) is 29.3 Å². The van der Waals surface area contributed by atoms with Crippen molar-refractivity contribution in [2.75, 3.05) is 11.4 Å². The summed E-state index contributed by atoms with van der Waals surface area (Å²) in [6, 6.07) is 17.6. The first kappa shape index (κ1) is 28.3. The molecule has 192 valence electrons. The highest BCUT2D eigenvalue weighted by molar-refractivity contribution is 7.97. The third-order valence-corrected chi connectivity index (χ3v) is 6.31. The Hall–Kier alpha value is -3.30. The van der Waals surface area contributed by atoms with Crippen LogP contribution in [0.5, 0.6) is 11.5 Å². The number of halogens is 2. The minimum atomic E-state index is -1.05. The van der Waals surface area contributed by atoms with E-state index < -0.39 is 5.97 Å². The van der Waals surface area contributed by atoms with Crippen molar-refractivity contribution >= 4 is 46.8 Å². The molecule has 0 aliphatic heterocycles. The van der Waals surface area contributed by atoms with Crippen molar-refractivity contribution in [1.29, 1.82) is 0 Å². The average Bonchev–Trinajstić information content (AvgIpc) is 2.92. The van der Waals surface area contributed by atoms with Crippen molar-refractivity contribution < 1.29 is 14.6 Å². The quantitative estimate of drug-likeness (QED) is 0.206. The molecule has 4 rings (SSSR count). The van der Waals surface area contributed by atoms with Gasteiger partial charge in [-0.2, -0.15) is 0 Å². The van der Waals surface area contributed by atoms with Crippen LogP contribution in [0.25, 0.3) is 0 Å². The molecule has 0 saturated carbocycles. The normalized spacial score (nSPS) is 10.3. The van der Waals surface area contributed by atoms with E-state index in [0.29, 0.717) is 45.2 Å². The van der Waals surface area contributed by atoms with Gasteiger partial charge in [0.25, 0.3) is 0 Å². The Balaban J connectivity index is 0.000000555. The van der Waals surface area contributed by atoms with Gasteiger partial charge in [0.2, 0.25) is 0 Å². The van der Waals surface area contributed by atoms with Gasteiger partial charge in [-0.1, -0.05) is 42.3 Å². The van der Waals surface area contributed by atoms with Crippen LogP contribution in [0.4, 0.5) is 5.69 Å². The van der Waals surface area contributed by atoms with E-state index >= 15 is 0 Å². The second-order valence-electron chi connectivity index (χ2n) is 7.73. The van der Waals surface area contributed by atoms with Gasteiger partial charge in [0.15, 0.2) is 5.75 Å². The molecule has 2 aromatic heterocycles. The number of hydrogen-bond donors (Lipinski definition) is 2. The number of carboxylic acid groups (broad SMARTS) is 1. The summed E-state index contributed by atoms with van der Waals surface area (Å²) in [5.41, 5.74) is 1.72. The molecule has 0 amide bonds. The number of aromatic nitrogens is 2. The van der Waals surface area contributed by atoms with E-state index in [1.807, 2.05) is 30.3 Å². The van der Waals surface area contributed by atoms with Gasteiger partial charge in [-0.15, -0.1) is 0 Å². The highest BCUT2D eigenvalue weighted by atomic mass is 35.5. The molecule has 0 aliphatic carbocycles. The van der Waals surface area contributed by atoms with Crippen LogP contribution >= 0.6 is 35.1 Å². The first-order valence-corrected chi connectivity index (χ1v) is 13.0. The maximum absolute atomic E-state index is 11.8. The minimum absolute atomic E-state index is 0.122. The lowest BCUT2D eigenvalue weighted by Gasteiger charge is -2.28. The van der Waals surface area contributed by atoms with Crippen molar-refractivity contribution in [1.82, 2.24) is 9.97 Å². The maximum Gasteiger partial charge on any atom is 0.335 e. The molecular weight excluding hydrogens is 531 g/mol. The first-order valence-electron chi connectivity index (χ1n) is 11.3. The number of carboxylic acids is 1. The van der Waals surface area contributed by atoms with Gasteiger partial charge >= 0.3 is 5.97 Å². The molecule has 37 heavy (non-hydrogen) atoms. The van der Waals surface area contributed by atoms with Crippen LogP contribution in [-0.2, 0) is 6.54 Å². The van der Waals surface area contributed by atoms with E-state index in [9.17, 15) is 9.90 Å². The lowest BCUT2D eigenvalue weighted by molar-refractivity contribution is 0.0696. The van der Waals surface area contributed by atoms with Crippen LogP contribution in [0, 0.1) is 0 Å². The highest BCUT2D eigenvalue weighted by Crippen LogP contribution is 2.42. The van der Waals surface area contributed by atoms with E-state index in [0.717, 1.165) is 23.9 Å². The molecule has 3 N–H and O–H groups in total. The maximum atomic E-state index is 11.8. The van der Waals surface area contributed by atoms with Gasteiger partial charge in [-0.25, -0.2) is 4.79 Å². The van der Waals surface area contributed by atoms with Gasteiger partial charge in [-0.3, -0.25) is 15.1 Å². The predicted molar refractivity (Wildman–Crippen MR) is 150 cm³/mol. The number of hydrogen-bond acceptors (Lipinski definition) is 7. The SMILES string of the molecule is CCCN(Cc1cccnc1)c1cc(C(=O)O)cc(SN)c1Oc1ccc(Cl)c(Cl)c1.c1ccncc1.